The number of aliphatic hydroxyl groups is 3. The van der Waals surface area contributed by atoms with Crippen LogP contribution in [0, 0.1) is 23.2 Å². The maximum atomic E-state index is 10.7. The molecule has 1 unspecified atom stereocenters. The normalized spacial score (nSPS) is 39.3. The second-order valence-corrected chi connectivity index (χ2v) is 12.0. The predicted molar refractivity (Wildman–Crippen MR) is 131 cm³/mol. The van der Waals surface area contributed by atoms with Gasteiger partial charge in [0.25, 0.3) is 0 Å². The lowest BCUT2D eigenvalue weighted by molar-refractivity contribution is 0.0318. The van der Waals surface area contributed by atoms with E-state index in [1.807, 2.05) is 0 Å². The van der Waals surface area contributed by atoms with Crippen molar-refractivity contribution >= 4 is 0 Å². The van der Waals surface area contributed by atoms with E-state index >= 15 is 0 Å². The largest absolute Gasteiger partial charge is 0.390 e. The standard InChI is InChI=1S/C29H46O3/c1-20(8-6-17-29(32)15-4-5-16-29)24-12-13-25-23(9-7-14-28(24,25)3)11-10-22-18-26(30)21(2)27(31)19-22/h10-11,20,24-27,30-32H,2,4-9,12-19H2,1,3H3/b23-11+/t20-,24?,25-,26+,27+,28+/m0/s1. The van der Waals surface area contributed by atoms with Crippen molar-refractivity contribution < 1.29 is 15.3 Å². The lowest BCUT2D eigenvalue weighted by Crippen LogP contribution is -2.36. The van der Waals surface area contributed by atoms with Crippen LogP contribution in [0.5, 0.6) is 0 Å². The first-order chi connectivity index (χ1) is 15.2. The highest BCUT2D eigenvalue weighted by Crippen LogP contribution is 2.60. The summed E-state index contributed by atoms with van der Waals surface area (Å²) in [5.41, 5.74) is 3.33. The summed E-state index contributed by atoms with van der Waals surface area (Å²) in [5, 5.41) is 31.0. The SMILES string of the molecule is C=C1[C@H](O)CC(=C/C=C2\CCC[C@]3(C)C([C@@H](C)CCCC4(O)CCCC4)CC[C@@H]23)C[C@H]1O. The second-order valence-electron chi connectivity index (χ2n) is 12.0. The molecule has 4 aliphatic carbocycles. The van der Waals surface area contributed by atoms with E-state index in [2.05, 4.69) is 32.6 Å². The van der Waals surface area contributed by atoms with Crippen molar-refractivity contribution in [1.82, 2.24) is 0 Å². The van der Waals surface area contributed by atoms with Crippen molar-refractivity contribution in [2.75, 3.05) is 0 Å². The van der Waals surface area contributed by atoms with Gasteiger partial charge in [0.1, 0.15) is 0 Å². The lowest BCUT2D eigenvalue weighted by atomic mass is 9.60. The van der Waals surface area contributed by atoms with Gasteiger partial charge >= 0.3 is 0 Å². The molecule has 0 amide bonds. The van der Waals surface area contributed by atoms with Crippen molar-refractivity contribution in [3.05, 3.63) is 35.5 Å². The van der Waals surface area contributed by atoms with Gasteiger partial charge < -0.3 is 15.3 Å². The predicted octanol–water partition coefficient (Wildman–Crippen LogP) is 6.24. The summed E-state index contributed by atoms with van der Waals surface area (Å²) in [4.78, 5) is 0. The van der Waals surface area contributed by atoms with E-state index in [1.165, 1.54) is 57.8 Å². The summed E-state index contributed by atoms with van der Waals surface area (Å²) in [6.07, 6.45) is 18.8. The fraction of sp³-hybridized carbons (Fsp3) is 0.793. The molecule has 3 N–H and O–H groups in total. The zero-order valence-corrected chi connectivity index (χ0v) is 20.5. The third-order valence-electron chi connectivity index (χ3n) is 9.86. The maximum Gasteiger partial charge on any atom is 0.0809 e. The Kier molecular flexibility index (Phi) is 7.39. The molecule has 3 heteroatoms. The van der Waals surface area contributed by atoms with Gasteiger partial charge in [-0.15, -0.1) is 0 Å². The third-order valence-corrected chi connectivity index (χ3v) is 9.86. The molecule has 0 bridgehead atoms. The van der Waals surface area contributed by atoms with Crippen LogP contribution >= 0.6 is 0 Å². The fourth-order valence-corrected chi connectivity index (χ4v) is 7.88. The molecule has 0 heterocycles. The highest BCUT2D eigenvalue weighted by atomic mass is 16.3. The number of hydrogen-bond donors (Lipinski definition) is 3. The van der Waals surface area contributed by atoms with Crippen LogP contribution in [0.4, 0.5) is 0 Å². The monoisotopic (exact) mass is 442 g/mol. The number of fused-ring (bicyclic) bond motifs is 1. The van der Waals surface area contributed by atoms with Gasteiger partial charge in [-0.2, -0.15) is 0 Å². The molecule has 0 saturated heterocycles. The zero-order chi connectivity index (χ0) is 22.9. The van der Waals surface area contributed by atoms with Gasteiger partial charge in [-0.05, 0) is 93.0 Å². The molecule has 6 atom stereocenters. The Labute approximate surface area is 195 Å². The first kappa shape index (κ1) is 24.2. The van der Waals surface area contributed by atoms with Gasteiger partial charge in [0.15, 0.2) is 0 Å². The molecule has 0 radical (unpaired) electrons. The van der Waals surface area contributed by atoms with E-state index in [1.54, 1.807) is 5.57 Å². The summed E-state index contributed by atoms with van der Waals surface area (Å²) < 4.78 is 0. The van der Waals surface area contributed by atoms with E-state index in [4.69, 9.17) is 0 Å². The molecule has 4 saturated carbocycles. The minimum atomic E-state index is -0.612. The smallest absolute Gasteiger partial charge is 0.0809 e. The summed E-state index contributed by atoms with van der Waals surface area (Å²) in [6, 6.07) is 0. The Hall–Kier alpha value is -0.900. The summed E-state index contributed by atoms with van der Waals surface area (Å²) >= 11 is 0. The zero-order valence-electron chi connectivity index (χ0n) is 20.5. The highest BCUT2D eigenvalue weighted by Gasteiger charge is 2.50. The Morgan fingerprint density at radius 1 is 1.03 bits per heavy atom. The van der Waals surface area contributed by atoms with Crippen molar-refractivity contribution in [3.63, 3.8) is 0 Å². The van der Waals surface area contributed by atoms with Crippen LogP contribution < -0.4 is 0 Å². The van der Waals surface area contributed by atoms with Crippen molar-refractivity contribution in [2.45, 2.75) is 122 Å². The number of hydrogen-bond acceptors (Lipinski definition) is 3. The Balaban J connectivity index is 1.38. The van der Waals surface area contributed by atoms with Crippen LogP contribution in [0.15, 0.2) is 35.5 Å². The first-order valence-corrected chi connectivity index (χ1v) is 13.4. The van der Waals surface area contributed by atoms with E-state index < -0.39 is 12.2 Å². The molecular weight excluding hydrogens is 396 g/mol. The van der Waals surface area contributed by atoms with Crippen LogP contribution in [0.1, 0.15) is 104 Å². The van der Waals surface area contributed by atoms with E-state index in [9.17, 15) is 15.3 Å². The summed E-state index contributed by atoms with van der Waals surface area (Å²) in [6.45, 7) is 8.85. The molecule has 3 nitrogen and oxygen atoms in total. The minimum Gasteiger partial charge on any atom is -0.390 e. The quantitative estimate of drug-likeness (QED) is 0.427. The van der Waals surface area contributed by atoms with Crippen molar-refractivity contribution in [1.29, 1.82) is 0 Å². The Morgan fingerprint density at radius 2 is 1.72 bits per heavy atom. The van der Waals surface area contributed by atoms with Crippen LogP contribution in [0.2, 0.25) is 0 Å². The number of allylic oxidation sites excluding steroid dienone is 3. The van der Waals surface area contributed by atoms with E-state index in [0.717, 1.165) is 36.7 Å². The van der Waals surface area contributed by atoms with Gasteiger partial charge in [-0.25, -0.2) is 0 Å². The summed E-state index contributed by atoms with van der Waals surface area (Å²) in [7, 11) is 0. The molecule has 0 aromatic rings. The average molecular weight is 443 g/mol. The van der Waals surface area contributed by atoms with Crippen molar-refractivity contribution in [3.8, 4) is 0 Å². The lowest BCUT2D eigenvalue weighted by Gasteiger charge is -2.44. The molecule has 4 fully saturated rings. The fourth-order valence-electron chi connectivity index (χ4n) is 7.88. The Morgan fingerprint density at radius 3 is 2.41 bits per heavy atom. The molecule has 0 aromatic carbocycles. The van der Waals surface area contributed by atoms with Gasteiger partial charge in [0.2, 0.25) is 0 Å². The van der Waals surface area contributed by atoms with E-state index in [0.29, 0.717) is 29.7 Å². The van der Waals surface area contributed by atoms with E-state index in [-0.39, 0.29) is 5.60 Å². The molecule has 180 valence electrons. The highest BCUT2D eigenvalue weighted by molar-refractivity contribution is 5.29. The average Bonchev–Trinajstić information content (AvgIpc) is 3.33. The number of aliphatic hydroxyl groups excluding tert-OH is 2. The molecule has 0 spiro atoms. The molecule has 0 aliphatic heterocycles. The van der Waals surface area contributed by atoms with Gasteiger partial charge in [0.05, 0.1) is 17.8 Å². The minimum absolute atomic E-state index is 0.358. The first-order valence-electron chi connectivity index (χ1n) is 13.4. The van der Waals surface area contributed by atoms with Gasteiger partial charge in [-0.1, -0.05) is 69.4 Å². The maximum absolute atomic E-state index is 10.7. The van der Waals surface area contributed by atoms with Gasteiger partial charge in [-0.3, -0.25) is 0 Å². The third kappa shape index (κ3) is 4.95. The van der Waals surface area contributed by atoms with Crippen LogP contribution in [-0.2, 0) is 0 Å². The van der Waals surface area contributed by atoms with Crippen LogP contribution in [-0.4, -0.2) is 33.1 Å². The number of rotatable bonds is 6. The molecule has 4 rings (SSSR count). The topological polar surface area (TPSA) is 60.7 Å². The van der Waals surface area contributed by atoms with Crippen LogP contribution in [0.3, 0.4) is 0 Å². The molecule has 0 aromatic heterocycles. The second kappa shape index (κ2) is 9.76. The van der Waals surface area contributed by atoms with Gasteiger partial charge in [0, 0.05) is 0 Å². The van der Waals surface area contributed by atoms with Crippen molar-refractivity contribution in [2.24, 2.45) is 23.2 Å². The Bertz CT molecular complexity index is 728. The molecule has 4 aliphatic rings. The molecular formula is C29H46O3. The van der Waals surface area contributed by atoms with Crippen LogP contribution in [0.25, 0.3) is 0 Å². The molecule has 32 heavy (non-hydrogen) atoms. The summed E-state index contributed by atoms with van der Waals surface area (Å²) in [5.74, 6) is 2.18.